The van der Waals surface area contributed by atoms with Gasteiger partial charge in [0.05, 0.1) is 0 Å². The van der Waals surface area contributed by atoms with Gasteiger partial charge in [0, 0.05) is 34.7 Å². The van der Waals surface area contributed by atoms with Crippen molar-refractivity contribution in [3.05, 3.63) is 35.1 Å². The number of carbonyl (C=O) groups is 1. The number of hydrogen-bond acceptors (Lipinski definition) is 3. The maximum Gasteiger partial charge on any atom is 0.270 e. The average Bonchev–Trinajstić information content (AvgIpc) is 2.27. The van der Waals surface area contributed by atoms with E-state index in [0.717, 1.165) is 5.39 Å². The molecule has 1 amide bonds. The number of benzene rings is 1. The van der Waals surface area contributed by atoms with Crippen LogP contribution >= 0.6 is 11.6 Å². The third-order valence-corrected chi connectivity index (χ3v) is 2.54. The topological polar surface area (TPSA) is 68.0 Å². The van der Waals surface area contributed by atoms with Crippen LogP contribution in [0.3, 0.4) is 0 Å². The molecular weight excluding hydrogens is 226 g/mol. The van der Waals surface area contributed by atoms with Crippen LogP contribution in [-0.4, -0.2) is 17.9 Å². The fraction of sp³-hybridized carbons (Fsp3) is 0.0909. The van der Waals surface area contributed by atoms with Gasteiger partial charge in [0.2, 0.25) is 0 Å². The van der Waals surface area contributed by atoms with Crippen molar-refractivity contribution in [3.8, 4) is 0 Å². The van der Waals surface area contributed by atoms with Crippen LogP contribution in [0.1, 0.15) is 10.5 Å². The number of nitrogen functional groups attached to an aromatic ring is 1. The molecule has 4 nitrogen and oxygen atoms in total. The zero-order chi connectivity index (χ0) is 11.7. The van der Waals surface area contributed by atoms with E-state index in [-0.39, 0.29) is 5.91 Å². The highest BCUT2D eigenvalue weighted by Crippen LogP contribution is 2.27. The molecule has 0 aliphatic rings. The fourth-order valence-electron chi connectivity index (χ4n) is 1.58. The van der Waals surface area contributed by atoms with Crippen LogP contribution in [-0.2, 0) is 0 Å². The Kier molecular flexibility index (Phi) is 2.66. The number of fused-ring (bicyclic) bond motifs is 1. The summed E-state index contributed by atoms with van der Waals surface area (Å²) in [5.41, 5.74) is 6.69. The monoisotopic (exact) mass is 235 g/mol. The van der Waals surface area contributed by atoms with Gasteiger partial charge in [-0.3, -0.25) is 9.78 Å². The summed E-state index contributed by atoms with van der Waals surface area (Å²) in [5, 5.41) is 4.45. The number of nitrogens with two attached hydrogens (primary N) is 1. The van der Waals surface area contributed by atoms with Gasteiger partial charge in [-0.1, -0.05) is 11.6 Å². The second kappa shape index (κ2) is 3.98. The molecule has 1 aromatic heterocycles. The van der Waals surface area contributed by atoms with E-state index in [1.54, 1.807) is 31.4 Å². The highest BCUT2D eigenvalue weighted by Gasteiger charge is 2.11. The van der Waals surface area contributed by atoms with Crippen molar-refractivity contribution in [2.24, 2.45) is 0 Å². The molecule has 2 aromatic rings. The number of halogens is 1. The lowest BCUT2D eigenvalue weighted by Gasteiger charge is -2.07. The van der Waals surface area contributed by atoms with Gasteiger partial charge in [-0.2, -0.15) is 0 Å². The number of rotatable bonds is 1. The third-order valence-electron chi connectivity index (χ3n) is 2.32. The molecule has 0 unspecified atom stereocenters. The van der Waals surface area contributed by atoms with Crippen molar-refractivity contribution in [3.63, 3.8) is 0 Å². The van der Waals surface area contributed by atoms with Gasteiger partial charge in [-0.25, -0.2) is 0 Å². The van der Waals surface area contributed by atoms with E-state index in [1.165, 1.54) is 0 Å². The molecule has 0 fully saturated rings. The number of anilines is 1. The number of aromatic nitrogens is 1. The van der Waals surface area contributed by atoms with Crippen LogP contribution in [0.25, 0.3) is 10.8 Å². The summed E-state index contributed by atoms with van der Waals surface area (Å²) in [6.45, 7) is 0. The normalized spacial score (nSPS) is 10.4. The standard InChI is InChI=1S/C11H10ClN3O/c1-14-11(16)10-8-4-6(12)5-9(13)7(8)2-3-15-10/h2-5H,13H2,1H3,(H,14,16). The van der Waals surface area contributed by atoms with Crippen molar-refractivity contribution in [1.29, 1.82) is 0 Å². The van der Waals surface area contributed by atoms with Crippen molar-refractivity contribution in [1.82, 2.24) is 10.3 Å². The first-order valence-electron chi connectivity index (χ1n) is 4.69. The first kappa shape index (κ1) is 10.7. The molecule has 0 bridgehead atoms. The van der Waals surface area contributed by atoms with Crippen LogP contribution in [0.5, 0.6) is 0 Å². The highest BCUT2D eigenvalue weighted by molar-refractivity contribution is 6.32. The quantitative estimate of drug-likeness (QED) is 0.741. The second-order valence-electron chi connectivity index (χ2n) is 3.33. The number of amides is 1. The Morgan fingerprint density at radius 2 is 2.19 bits per heavy atom. The molecule has 2 rings (SSSR count). The molecule has 0 aliphatic carbocycles. The number of nitrogens with one attached hydrogen (secondary N) is 1. The predicted octanol–water partition coefficient (Wildman–Crippen LogP) is 1.83. The van der Waals surface area contributed by atoms with Crippen LogP contribution in [0.4, 0.5) is 5.69 Å². The van der Waals surface area contributed by atoms with Crippen molar-refractivity contribution in [2.45, 2.75) is 0 Å². The molecule has 3 N–H and O–H groups in total. The lowest BCUT2D eigenvalue weighted by atomic mass is 10.1. The van der Waals surface area contributed by atoms with E-state index in [1.807, 2.05) is 0 Å². The van der Waals surface area contributed by atoms with Gasteiger partial charge >= 0.3 is 0 Å². The fourth-order valence-corrected chi connectivity index (χ4v) is 1.80. The van der Waals surface area contributed by atoms with Crippen LogP contribution in [0.2, 0.25) is 5.02 Å². The van der Waals surface area contributed by atoms with Crippen molar-refractivity contribution in [2.75, 3.05) is 12.8 Å². The Bertz CT molecular complexity index is 568. The van der Waals surface area contributed by atoms with E-state index in [2.05, 4.69) is 10.3 Å². The summed E-state index contributed by atoms with van der Waals surface area (Å²) in [7, 11) is 1.55. The summed E-state index contributed by atoms with van der Waals surface area (Å²) < 4.78 is 0. The van der Waals surface area contributed by atoms with Crippen molar-refractivity contribution >= 4 is 34.0 Å². The Labute approximate surface area is 97.4 Å². The summed E-state index contributed by atoms with van der Waals surface area (Å²) in [4.78, 5) is 15.6. The minimum Gasteiger partial charge on any atom is -0.398 e. The second-order valence-corrected chi connectivity index (χ2v) is 3.77. The van der Waals surface area contributed by atoms with Gasteiger partial charge in [0.25, 0.3) is 5.91 Å². The minimum absolute atomic E-state index is 0.257. The molecule has 5 heteroatoms. The number of pyridine rings is 1. The summed E-state index contributed by atoms with van der Waals surface area (Å²) >= 11 is 5.90. The molecule has 0 spiro atoms. The molecule has 1 aromatic carbocycles. The Morgan fingerprint density at radius 1 is 1.44 bits per heavy atom. The van der Waals surface area contributed by atoms with Gasteiger partial charge in [0.15, 0.2) is 0 Å². The number of carbonyl (C=O) groups excluding carboxylic acids is 1. The Balaban J connectivity index is 2.81. The van der Waals surface area contributed by atoms with E-state index in [0.29, 0.717) is 21.8 Å². The third kappa shape index (κ3) is 1.67. The lowest BCUT2D eigenvalue weighted by molar-refractivity contribution is 0.0960. The van der Waals surface area contributed by atoms with Gasteiger partial charge in [0.1, 0.15) is 5.69 Å². The molecule has 1 heterocycles. The highest BCUT2D eigenvalue weighted by atomic mass is 35.5. The first-order chi connectivity index (χ1) is 7.63. The zero-order valence-electron chi connectivity index (χ0n) is 8.62. The van der Waals surface area contributed by atoms with Gasteiger partial charge in [-0.05, 0) is 18.2 Å². The molecule has 0 atom stereocenters. The molecule has 16 heavy (non-hydrogen) atoms. The molecular formula is C11H10ClN3O. The Hall–Kier alpha value is -1.81. The predicted molar refractivity (Wildman–Crippen MR) is 64.6 cm³/mol. The smallest absolute Gasteiger partial charge is 0.270 e. The maximum atomic E-state index is 11.6. The Morgan fingerprint density at radius 3 is 2.88 bits per heavy atom. The van der Waals surface area contributed by atoms with Gasteiger partial charge < -0.3 is 11.1 Å². The molecule has 0 saturated carbocycles. The van der Waals surface area contributed by atoms with E-state index in [4.69, 9.17) is 17.3 Å². The van der Waals surface area contributed by atoms with Crippen LogP contribution in [0.15, 0.2) is 24.4 Å². The lowest BCUT2D eigenvalue weighted by Crippen LogP contribution is -2.19. The van der Waals surface area contributed by atoms with Gasteiger partial charge in [-0.15, -0.1) is 0 Å². The summed E-state index contributed by atoms with van der Waals surface area (Å²) in [6, 6.07) is 5.09. The van der Waals surface area contributed by atoms with Crippen LogP contribution in [0, 0.1) is 0 Å². The minimum atomic E-state index is -0.257. The largest absolute Gasteiger partial charge is 0.398 e. The molecule has 0 radical (unpaired) electrons. The number of hydrogen-bond donors (Lipinski definition) is 2. The SMILES string of the molecule is CNC(=O)c1nccc2c(N)cc(Cl)cc12. The zero-order valence-corrected chi connectivity index (χ0v) is 9.38. The maximum absolute atomic E-state index is 11.6. The van der Waals surface area contributed by atoms with Crippen molar-refractivity contribution < 1.29 is 4.79 Å². The van der Waals surface area contributed by atoms with E-state index < -0.39 is 0 Å². The number of nitrogens with zero attached hydrogens (tertiary/aromatic N) is 1. The molecule has 82 valence electrons. The van der Waals surface area contributed by atoms with E-state index in [9.17, 15) is 4.79 Å². The molecule has 0 saturated heterocycles. The van der Waals surface area contributed by atoms with Crippen LogP contribution < -0.4 is 11.1 Å². The average molecular weight is 236 g/mol. The van der Waals surface area contributed by atoms with E-state index >= 15 is 0 Å². The summed E-state index contributed by atoms with van der Waals surface area (Å²) in [5.74, 6) is -0.257. The molecule has 0 aliphatic heterocycles. The summed E-state index contributed by atoms with van der Waals surface area (Å²) in [6.07, 6.45) is 1.55. The first-order valence-corrected chi connectivity index (χ1v) is 5.07.